The van der Waals surface area contributed by atoms with Gasteiger partial charge in [0.2, 0.25) is 11.8 Å². The van der Waals surface area contributed by atoms with Crippen LogP contribution in [-0.4, -0.2) is 33.9 Å². The van der Waals surface area contributed by atoms with Crippen molar-refractivity contribution in [2.75, 3.05) is 0 Å². The number of aromatic amines is 2. The third kappa shape index (κ3) is 3.86. The summed E-state index contributed by atoms with van der Waals surface area (Å²) in [5.41, 5.74) is 15.5. The summed E-state index contributed by atoms with van der Waals surface area (Å²) in [6.45, 7) is 0. The Hall–Kier alpha value is -3.58. The van der Waals surface area contributed by atoms with Crippen molar-refractivity contribution in [2.45, 2.75) is 24.9 Å². The lowest BCUT2D eigenvalue weighted by molar-refractivity contribution is -0.128. The van der Waals surface area contributed by atoms with Gasteiger partial charge in [0.1, 0.15) is 6.04 Å². The molecule has 0 radical (unpaired) electrons. The lowest BCUT2D eigenvalue weighted by Crippen LogP contribution is -2.51. The standard InChI is InChI=1S/C22H23N5O2/c23-17(9-13-11-25-18-7-3-1-5-15(13)18)22(29)27-20(21(24)28)10-14-12-26-19-8-4-2-6-16(14)19/h1-8,11-12,17,20,25-26H,9-10,23H2,(H2,24,28)(H,27,29)/t17-,20+/m1/s1. The molecule has 29 heavy (non-hydrogen) atoms. The fraction of sp³-hybridized carbons (Fsp3) is 0.182. The Morgan fingerprint density at radius 2 is 1.38 bits per heavy atom. The highest BCUT2D eigenvalue weighted by Crippen LogP contribution is 2.20. The van der Waals surface area contributed by atoms with Crippen molar-refractivity contribution in [1.82, 2.24) is 15.3 Å². The number of nitrogens with one attached hydrogen (secondary N) is 3. The van der Waals surface area contributed by atoms with Crippen LogP contribution >= 0.6 is 0 Å². The zero-order chi connectivity index (χ0) is 20.4. The number of rotatable bonds is 7. The summed E-state index contributed by atoms with van der Waals surface area (Å²) < 4.78 is 0. The predicted molar refractivity (Wildman–Crippen MR) is 113 cm³/mol. The average Bonchev–Trinajstić information content (AvgIpc) is 3.32. The van der Waals surface area contributed by atoms with Gasteiger partial charge in [-0.25, -0.2) is 0 Å². The molecule has 2 aromatic carbocycles. The monoisotopic (exact) mass is 389 g/mol. The number of primary amides is 1. The van der Waals surface area contributed by atoms with Crippen LogP contribution in [0.4, 0.5) is 0 Å². The van der Waals surface area contributed by atoms with E-state index >= 15 is 0 Å². The number of H-pyrrole nitrogens is 2. The Labute approximate surface area is 167 Å². The summed E-state index contributed by atoms with van der Waals surface area (Å²) in [4.78, 5) is 30.9. The number of carbonyl (C=O) groups excluding carboxylic acids is 2. The molecule has 148 valence electrons. The van der Waals surface area contributed by atoms with Crippen molar-refractivity contribution < 1.29 is 9.59 Å². The van der Waals surface area contributed by atoms with Crippen molar-refractivity contribution >= 4 is 33.6 Å². The second kappa shape index (κ2) is 7.81. The van der Waals surface area contributed by atoms with Gasteiger partial charge in [-0.05, 0) is 29.7 Å². The van der Waals surface area contributed by atoms with E-state index in [9.17, 15) is 9.59 Å². The first-order valence-corrected chi connectivity index (χ1v) is 9.48. The molecule has 0 spiro atoms. The number of fused-ring (bicyclic) bond motifs is 2. The molecule has 0 aliphatic rings. The molecule has 2 aromatic heterocycles. The van der Waals surface area contributed by atoms with Gasteiger partial charge in [-0.15, -0.1) is 0 Å². The van der Waals surface area contributed by atoms with E-state index in [1.807, 2.05) is 60.9 Å². The average molecular weight is 389 g/mol. The van der Waals surface area contributed by atoms with Gasteiger partial charge >= 0.3 is 0 Å². The molecular formula is C22H23N5O2. The molecule has 0 fully saturated rings. The number of para-hydroxylation sites is 2. The van der Waals surface area contributed by atoms with Gasteiger partial charge in [-0.1, -0.05) is 36.4 Å². The van der Waals surface area contributed by atoms with Gasteiger partial charge < -0.3 is 26.8 Å². The molecule has 2 atom stereocenters. The third-order valence-electron chi connectivity index (χ3n) is 5.21. The van der Waals surface area contributed by atoms with Gasteiger partial charge in [0.25, 0.3) is 0 Å². The van der Waals surface area contributed by atoms with E-state index in [4.69, 9.17) is 11.5 Å². The number of benzene rings is 2. The smallest absolute Gasteiger partial charge is 0.240 e. The van der Waals surface area contributed by atoms with Crippen LogP contribution in [0, 0.1) is 0 Å². The maximum Gasteiger partial charge on any atom is 0.240 e. The summed E-state index contributed by atoms with van der Waals surface area (Å²) in [7, 11) is 0. The van der Waals surface area contributed by atoms with Gasteiger partial charge in [-0.2, -0.15) is 0 Å². The zero-order valence-corrected chi connectivity index (χ0v) is 15.8. The van der Waals surface area contributed by atoms with Crippen molar-refractivity contribution in [3.63, 3.8) is 0 Å². The van der Waals surface area contributed by atoms with Crippen molar-refractivity contribution in [1.29, 1.82) is 0 Å². The van der Waals surface area contributed by atoms with E-state index < -0.39 is 23.9 Å². The molecule has 4 rings (SSSR count). The molecule has 4 aromatic rings. The maximum atomic E-state index is 12.7. The Balaban J connectivity index is 1.46. The van der Waals surface area contributed by atoms with Crippen LogP contribution in [0.15, 0.2) is 60.9 Å². The molecule has 0 saturated heterocycles. The van der Waals surface area contributed by atoms with Gasteiger partial charge in [0.15, 0.2) is 0 Å². The zero-order valence-electron chi connectivity index (χ0n) is 15.8. The second-order valence-electron chi connectivity index (χ2n) is 7.20. The van der Waals surface area contributed by atoms with Crippen LogP contribution < -0.4 is 16.8 Å². The Morgan fingerprint density at radius 1 is 0.862 bits per heavy atom. The summed E-state index contributed by atoms with van der Waals surface area (Å²) in [5, 5.41) is 4.74. The van der Waals surface area contributed by atoms with Crippen molar-refractivity contribution in [3.8, 4) is 0 Å². The largest absolute Gasteiger partial charge is 0.368 e. The first-order valence-electron chi connectivity index (χ1n) is 9.48. The van der Waals surface area contributed by atoms with E-state index in [-0.39, 0.29) is 0 Å². The molecule has 0 bridgehead atoms. The summed E-state index contributed by atoms with van der Waals surface area (Å²) in [6.07, 6.45) is 4.34. The highest BCUT2D eigenvalue weighted by atomic mass is 16.2. The van der Waals surface area contributed by atoms with Crippen LogP contribution in [0.2, 0.25) is 0 Å². The van der Waals surface area contributed by atoms with Crippen molar-refractivity contribution in [2.24, 2.45) is 11.5 Å². The Morgan fingerprint density at radius 3 is 1.93 bits per heavy atom. The first-order chi connectivity index (χ1) is 14.0. The number of nitrogens with two attached hydrogens (primary N) is 2. The normalized spacial score (nSPS) is 13.4. The van der Waals surface area contributed by atoms with E-state index in [1.54, 1.807) is 0 Å². The van der Waals surface area contributed by atoms with Gasteiger partial charge in [-0.3, -0.25) is 9.59 Å². The molecule has 7 N–H and O–H groups in total. The summed E-state index contributed by atoms with van der Waals surface area (Å²) >= 11 is 0. The van der Waals surface area contributed by atoms with Crippen LogP contribution in [0.1, 0.15) is 11.1 Å². The fourth-order valence-electron chi connectivity index (χ4n) is 3.65. The van der Waals surface area contributed by atoms with Crippen LogP contribution in [0.25, 0.3) is 21.8 Å². The molecule has 0 unspecified atom stereocenters. The minimum absolute atomic E-state index is 0.297. The van der Waals surface area contributed by atoms with Crippen LogP contribution in [0.3, 0.4) is 0 Å². The lowest BCUT2D eigenvalue weighted by atomic mass is 10.0. The molecule has 0 saturated carbocycles. The van der Waals surface area contributed by atoms with Gasteiger partial charge in [0.05, 0.1) is 6.04 Å². The van der Waals surface area contributed by atoms with E-state index in [1.165, 1.54) is 0 Å². The molecule has 0 aliphatic carbocycles. The molecule has 7 nitrogen and oxygen atoms in total. The molecule has 7 heteroatoms. The van der Waals surface area contributed by atoms with Crippen LogP contribution in [0.5, 0.6) is 0 Å². The highest BCUT2D eigenvalue weighted by molar-refractivity contribution is 5.91. The van der Waals surface area contributed by atoms with E-state index in [0.29, 0.717) is 12.8 Å². The van der Waals surface area contributed by atoms with E-state index in [0.717, 1.165) is 32.9 Å². The Kier molecular flexibility index (Phi) is 5.05. The summed E-state index contributed by atoms with van der Waals surface area (Å²) in [6, 6.07) is 14.0. The number of carbonyl (C=O) groups is 2. The maximum absolute atomic E-state index is 12.7. The molecule has 2 heterocycles. The van der Waals surface area contributed by atoms with Crippen LogP contribution in [-0.2, 0) is 22.4 Å². The Bertz CT molecular complexity index is 1180. The topological polar surface area (TPSA) is 130 Å². The fourth-order valence-corrected chi connectivity index (χ4v) is 3.65. The highest BCUT2D eigenvalue weighted by Gasteiger charge is 2.24. The quantitative estimate of drug-likeness (QED) is 0.330. The lowest BCUT2D eigenvalue weighted by Gasteiger charge is -2.18. The number of hydrogen-bond donors (Lipinski definition) is 5. The van der Waals surface area contributed by atoms with Gasteiger partial charge in [0, 0.05) is 40.6 Å². The second-order valence-corrected chi connectivity index (χ2v) is 7.20. The molecular weight excluding hydrogens is 366 g/mol. The first kappa shape index (κ1) is 18.8. The molecule has 2 amide bonds. The molecule has 0 aliphatic heterocycles. The van der Waals surface area contributed by atoms with Crippen molar-refractivity contribution in [3.05, 3.63) is 72.1 Å². The summed E-state index contributed by atoms with van der Waals surface area (Å²) in [5.74, 6) is -0.998. The van der Waals surface area contributed by atoms with E-state index in [2.05, 4.69) is 15.3 Å². The minimum atomic E-state index is -0.837. The minimum Gasteiger partial charge on any atom is -0.368 e. The third-order valence-corrected chi connectivity index (χ3v) is 5.21. The number of hydrogen-bond acceptors (Lipinski definition) is 3. The number of aromatic nitrogens is 2. The number of amides is 2. The SMILES string of the molecule is NC(=O)[C@H](Cc1c[nH]c2ccccc12)NC(=O)[C@H](N)Cc1c[nH]c2ccccc12. The predicted octanol–water partition coefficient (Wildman–Crippen LogP) is 1.73.